The number of benzene rings is 1. The molecule has 0 bridgehead atoms. The molecule has 1 aliphatic carbocycles. The molecular weight excluding hydrogens is 375 g/mol. The molecule has 0 aliphatic heterocycles. The van der Waals surface area contributed by atoms with Crippen LogP contribution in [-0.4, -0.2) is 14.9 Å². The minimum absolute atomic E-state index is 0.549. The summed E-state index contributed by atoms with van der Waals surface area (Å²) < 4.78 is 3.27. The number of aromatic nitrogens is 2. The lowest BCUT2D eigenvalue weighted by molar-refractivity contribution is 0.0563. The Morgan fingerprint density at radius 3 is 2.57 bits per heavy atom. The van der Waals surface area contributed by atoms with Gasteiger partial charge in [-0.1, -0.05) is 25.0 Å². The molecule has 1 N–H and O–H groups in total. The van der Waals surface area contributed by atoms with E-state index in [-0.39, 0.29) is 0 Å². The average Bonchev–Trinajstić information content (AvgIpc) is 3.09. The molecule has 4 heteroatoms. The summed E-state index contributed by atoms with van der Waals surface area (Å²) in [6.45, 7) is 1.86. The van der Waals surface area contributed by atoms with Crippen molar-refractivity contribution in [1.82, 2.24) is 9.78 Å². The summed E-state index contributed by atoms with van der Waals surface area (Å²) in [6.07, 6.45) is 7.69. The van der Waals surface area contributed by atoms with Crippen LogP contribution in [0.1, 0.15) is 49.9 Å². The van der Waals surface area contributed by atoms with E-state index in [0.717, 1.165) is 11.3 Å². The van der Waals surface area contributed by atoms with Gasteiger partial charge in [0, 0.05) is 16.2 Å². The second-order valence-electron chi connectivity index (χ2n) is 6.18. The van der Waals surface area contributed by atoms with E-state index in [0.29, 0.717) is 12.5 Å². The van der Waals surface area contributed by atoms with Crippen LogP contribution in [0.15, 0.2) is 36.5 Å². The molecule has 1 aromatic heterocycles. The Bertz CT molecular complexity index is 598. The molecule has 21 heavy (non-hydrogen) atoms. The Labute approximate surface area is 139 Å². The maximum atomic E-state index is 10.8. The van der Waals surface area contributed by atoms with Gasteiger partial charge >= 0.3 is 0 Å². The van der Waals surface area contributed by atoms with Gasteiger partial charge < -0.3 is 5.11 Å². The van der Waals surface area contributed by atoms with Gasteiger partial charge in [-0.3, -0.25) is 4.68 Å². The Hall–Kier alpha value is -0.880. The van der Waals surface area contributed by atoms with Crippen LogP contribution in [0.3, 0.4) is 0 Å². The zero-order chi connectivity index (χ0) is 14.9. The third-order valence-corrected chi connectivity index (χ3v) is 5.07. The van der Waals surface area contributed by atoms with Crippen molar-refractivity contribution < 1.29 is 5.11 Å². The lowest BCUT2D eigenvalue weighted by Crippen LogP contribution is -2.24. The Morgan fingerprint density at radius 1 is 1.24 bits per heavy atom. The van der Waals surface area contributed by atoms with E-state index in [9.17, 15) is 5.11 Å². The van der Waals surface area contributed by atoms with E-state index in [1.807, 2.05) is 37.3 Å². The SMILES string of the molecule is CC(O)(Cc1ccn(C2CCCC2)n1)c1ccc(I)cc1. The van der Waals surface area contributed by atoms with Gasteiger partial charge in [0.05, 0.1) is 17.3 Å². The quantitative estimate of drug-likeness (QED) is 0.792. The zero-order valence-corrected chi connectivity index (χ0v) is 14.5. The van der Waals surface area contributed by atoms with E-state index in [1.54, 1.807) is 0 Å². The third-order valence-electron chi connectivity index (χ3n) is 4.35. The first kappa shape index (κ1) is 15.0. The molecular formula is C17H21IN2O. The maximum absolute atomic E-state index is 10.8. The second-order valence-corrected chi connectivity index (χ2v) is 7.43. The third kappa shape index (κ3) is 3.48. The first-order valence-electron chi connectivity index (χ1n) is 7.57. The van der Waals surface area contributed by atoms with Crippen molar-refractivity contribution in [2.45, 2.75) is 50.7 Å². The summed E-state index contributed by atoms with van der Waals surface area (Å²) in [5.74, 6) is 0. The fraction of sp³-hybridized carbons (Fsp3) is 0.471. The Balaban J connectivity index is 1.74. The predicted molar refractivity (Wildman–Crippen MR) is 92.2 cm³/mol. The molecule has 3 nitrogen and oxygen atoms in total. The van der Waals surface area contributed by atoms with Crippen molar-refractivity contribution in [2.24, 2.45) is 0 Å². The zero-order valence-electron chi connectivity index (χ0n) is 12.3. The molecule has 0 radical (unpaired) electrons. The lowest BCUT2D eigenvalue weighted by atomic mass is 9.91. The van der Waals surface area contributed by atoms with Crippen molar-refractivity contribution in [1.29, 1.82) is 0 Å². The molecule has 3 rings (SSSR count). The van der Waals surface area contributed by atoms with Crippen LogP contribution in [0.2, 0.25) is 0 Å². The fourth-order valence-corrected chi connectivity index (χ4v) is 3.47. The van der Waals surface area contributed by atoms with Crippen LogP contribution >= 0.6 is 22.6 Å². The molecule has 1 aliphatic rings. The van der Waals surface area contributed by atoms with E-state index < -0.39 is 5.60 Å². The van der Waals surface area contributed by atoms with E-state index in [2.05, 4.69) is 38.6 Å². The first-order valence-corrected chi connectivity index (χ1v) is 8.65. The monoisotopic (exact) mass is 396 g/mol. The minimum atomic E-state index is -0.876. The highest BCUT2D eigenvalue weighted by Gasteiger charge is 2.25. The van der Waals surface area contributed by atoms with Crippen LogP contribution in [-0.2, 0) is 12.0 Å². The van der Waals surface area contributed by atoms with Crippen LogP contribution in [0, 0.1) is 3.57 Å². The first-order chi connectivity index (χ1) is 10.0. The highest BCUT2D eigenvalue weighted by molar-refractivity contribution is 14.1. The van der Waals surface area contributed by atoms with E-state index >= 15 is 0 Å². The summed E-state index contributed by atoms with van der Waals surface area (Å²) in [5, 5.41) is 15.4. The lowest BCUT2D eigenvalue weighted by Gasteiger charge is -2.23. The summed E-state index contributed by atoms with van der Waals surface area (Å²) in [6, 6.07) is 10.6. The number of hydrogen-bond acceptors (Lipinski definition) is 2. The largest absolute Gasteiger partial charge is 0.385 e. The number of aliphatic hydroxyl groups is 1. The van der Waals surface area contributed by atoms with Crippen molar-refractivity contribution in [3.63, 3.8) is 0 Å². The van der Waals surface area contributed by atoms with Gasteiger partial charge in [-0.2, -0.15) is 5.10 Å². The normalized spacial score (nSPS) is 18.8. The molecule has 0 amide bonds. The number of halogens is 1. The second kappa shape index (κ2) is 6.08. The van der Waals surface area contributed by atoms with Gasteiger partial charge in [0.2, 0.25) is 0 Å². The molecule has 2 aromatic rings. The molecule has 0 saturated heterocycles. The van der Waals surface area contributed by atoms with Crippen molar-refractivity contribution in [2.75, 3.05) is 0 Å². The van der Waals surface area contributed by atoms with Crippen LogP contribution < -0.4 is 0 Å². The van der Waals surface area contributed by atoms with Gasteiger partial charge in [-0.25, -0.2) is 0 Å². The summed E-state index contributed by atoms with van der Waals surface area (Å²) >= 11 is 2.28. The predicted octanol–water partition coefficient (Wildman–Crippen LogP) is 4.05. The molecule has 112 valence electrons. The van der Waals surface area contributed by atoms with E-state index in [4.69, 9.17) is 0 Å². The molecule has 1 saturated carbocycles. The molecule has 1 heterocycles. The van der Waals surface area contributed by atoms with Gasteiger partial charge in [-0.05, 0) is 66.1 Å². The molecule has 1 unspecified atom stereocenters. The fourth-order valence-electron chi connectivity index (χ4n) is 3.11. The highest BCUT2D eigenvalue weighted by atomic mass is 127. The summed E-state index contributed by atoms with van der Waals surface area (Å²) in [5.41, 5.74) is 1.03. The topological polar surface area (TPSA) is 38.0 Å². The number of rotatable bonds is 4. The Kier molecular flexibility index (Phi) is 4.36. The van der Waals surface area contributed by atoms with Crippen LogP contribution in [0.5, 0.6) is 0 Å². The minimum Gasteiger partial charge on any atom is -0.385 e. The highest BCUT2D eigenvalue weighted by Crippen LogP contribution is 2.30. The maximum Gasteiger partial charge on any atom is 0.0924 e. The molecule has 0 spiro atoms. The van der Waals surface area contributed by atoms with Gasteiger partial charge in [0.25, 0.3) is 0 Å². The standard InChI is InChI=1S/C17H21IN2O/c1-17(21,13-6-8-14(18)9-7-13)12-15-10-11-20(19-15)16-4-2-3-5-16/h6-11,16,21H,2-5,12H2,1H3. The van der Waals surface area contributed by atoms with Gasteiger partial charge in [0.1, 0.15) is 0 Å². The van der Waals surface area contributed by atoms with Gasteiger partial charge in [-0.15, -0.1) is 0 Å². The van der Waals surface area contributed by atoms with Crippen LogP contribution in [0.25, 0.3) is 0 Å². The molecule has 1 atom stereocenters. The number of hydrogen-bond donors (Lipinski definition) is 1. The summed E-state index contributed by atoms with van der Waals surface area (Å²) in [4.78, 5) is 0. The summed E-state index contributed by atoms with van der Waals surface area (Å²) in [7, 11) is 0. The molecule has 1 aromatic carbocycles. The van der Waals surface area contributed by atoms with Gasteiger partial charge in [0.15, 0.2) is 0 Å². The Morgan fingerprint density at radius 2 is 1.90 bits per heavy atom. The van der Waals surface area contributed by atoms with E-state index in [1.165, 1.54) is 29.3 Å². The smallest absolute Gasteiger partial charge is 0.0924 e. The van der Waals surface area contributed by atoms with Crippen molar-refractivity contribution in [3.05, 3.63) is 51.4 Å². The van der Waals surface area contributed by atoms with Crippen molar-refractivity contribution in [3.8, 4) is 0 Å². The van der Waals surface area contributed by atoms with Crippen molar-refractivity contribution >= 4 is 22.6 Å². The van der Waals surface area contributed by atoms with Crippen LogP contribution in [0.4, 0.5) is 0 Å². The average molecular weight is 396 g/mol. The molecule has 1 fully saturated rings. The number of nitrogens with zero attached hydrogens (tertiary/aromatic N) is 2.